The van der Waals surface area contributed by atoms with Gasteiger partial charge < -0.3 is 10.2 Å². The second-order valence-corrected chi connectivity index (χ2v) is 5.57. The van der Waals surface area contributed by atoms with Crippen LogP contribution in [0, 0.1) is 5.92 Å². The van der Waals surface area contributed by atoms with Crippen LogP contribution in [-0.2, 0) is 0 Å². The third-order valence-electron chi connectivity index (χ3n) is 4.22. The molecule has 0 bridgehead atoms. The lowest BCUT2D eigenvalue weighted by atomic mass is 10.1. The monoisotopic (exact) mass is 261 g/mol. The molecule has 19 heavy (non-hydrogen) atoms. The Morgan fingerprint density at radius 2 is 1.89 bits per heavy atom. The summed E-state index contributed by atoms with van der Waals surface area (Å²) in [7, 11) is 2.09. The molecule has 3 rings (SSSR count). The van der Waals surface area contributed by atoms with Gasteiger partial charge in [-0.1, -0.05) is 0 Å². The van der Waals surface area contributed by atoms with Gasteiger partial charge in [-0.15, -0.1) is 0 Å². The van der Waals surface area contributed by atoms with Crippen LogP contribution < -0.4 is 10.2 Å². The van der Waals surface area contributed by atoms with Crippen LogP contribution in [0.4, 0.5) is 5.95 Å². The largest absolute Gasteiger partial charge is 0.338 e. The number of nitrogens with one attached hydrogen (secondary N) is 1. The fourth-order valence-electron chi connectivity index (χ4n) is 2.84. The molecule has 1 saturated carbocycles. The molecular formula is C14H23N5. The van der Waals surface area contributed by atoms with E-state index in [0.717, 1.165) is 38.0 Å². The molecule has 2 fully saturated rings. The Kier molecular flexibility index (Phi) is 3.94. The highest BCUT2D eigenvalue weighted by molar-refractivity contribution is 5.29. The molecule has 5 nitrogen and oxygen atoms in total. The second kappa shape index (κ2) is 5.84. The predicted molar refractivity (Wildman–Crippen MR) is 76.3 cm³/mol. The van der Waals surface area contributed by atoms with E-state index >= 15 is 0 Å². The van der Waals surface area contributed by atoms with Gasteiger partial charge in [0.05, 0.1) is 0 Å². The van der Waals surface area contributed by atoms with Gasteiger partial charge in [0.1, 0.15) is 0 Å². The predicted octanol–water partition coefficient (Wildman–Crippen LogP) is 0.597. The van der Waals surface area contributed by atoms with E-state index < -0.39 is 0 Å². The van der Waals surface area contributed by atoms with Gasteiger partial charge >= 0.3 is 0 Å². The van der Waals surface area contributed by atoms with Gasteiger partial charge in [-0.3, -0.25) is 4.90 Å². The summed E-state index contributed by atoms with van der Waals surface area (Å²) in [5.41, 5.74) is 0. The van der Waals surface area contributed by atoms with Crippen LogP contribution in [0.25, 0.3) is 0 Å². The van der Waals surface area contributed by atoms with Crippen molar-refractivity contribution in [1.82, 2.24) is 20.2 Å². The Bertz CT molecular complexity index is 384. The van der Waals surface area contributed by atoms with Crippen LogP contribution in [0.2, 0.25) is 0 Å². The molecule has 0 spiro atoms. The minimum Gasteiger partial charge on any atom is -0.338 e. The number of nitrogens with zero attached hydrogens (tertiary/aromatic N) is 4. The van der Waals surface area contributed by atoms with Crippen molar-refractivity contribution >= 4 is 5.95 Å². The fourth-order valence-corrected chi connectivity index (χ4v) is 2.84. The van der Waals surface area contributed by atoms with E-state index in [9.17, 15) is 0 Å². The highest BCUT2D eigenvalue weighted by Crippen LogP contribution is 2.32. The second-order valence-electron chi connectivity index (χ2n) is 5.57. The first-order chi connectivity index (χ1) is 9.36. The van der Waals surface area contributed by atoms with E-state index in [2.05, 4.69) is 32.1 Å². The van der Waals surface area contributed by atoms with Gasteiger partial charge in [-0.2, -0.15) is 0 Å². The van der Waals surface area contributed by atoms with E-state index in [1.54, 1.807) is 0 Å². The van der Waals surface area contributed by atoms with Crippen molar-refractivity contribution in [2.24, 2.45) is 5.92 Å². The molecule has 5 heteroatoms. The minimum atomic E-state index is 0.680. The lowest BCUT2D eigenvalue weighted by molar-refractivity contribution is 0.223. The smallest absolute Gasteiger partial charge is 0.225 e. The van der Waals surface area contributed by atoms with Gasteiger partial charge in [0, 0.05) is 51.2 Å². The third kappa shape index (κ3) is 3.22. The standard InChI is InChI=1S/C14H23N5/c1-15-13(12-3-4-12)11-18-7-9-19(10-8-18)14-16-5-2-6-17-14/h2,5-6,12-13,15H,3-4,7-11H2,1H3. The maximum atomic E-state index is 4.33. The van der Waals surface area contributed by atoms with Crippen LogP contribution in [0.5, 0.6) is 0 Å². The van der Waals surface area contributed by atoms with Crippen LogP contribution in [-0.4, -0.2) is 60.7 Å². The number of aromatic nitrogens is 2. The first-order valence-electron chi connectivity index (χ1n) is 7.28. The maximum Gasteiger partial charge on any atom is 0.225 e. The van der Waals surface area contributed by atoms with Crippen molar-refractivity contribution in [3.05, 3.63) is 18.5 Å². The van der Waals surface area contributed by atoms with Crippen LogP contribution >= 0.6 is 0 Å². The highest BCUT2D eigenvalue weighted by atomic mass is 15.3. The molecule has 104 valence electrons. The van der Waals surface area contributed by atoms with Gasteiger partial charge in [-0.25, -0.2) is 9.97 Å². The first kappa shape index (κ1) is 12.8. The summed E-state index contributed by atoms with van der Waals surface area (Å²) in [6.07, 6.45) is 6.45. The number of anilines is 1. The molecule has 1 aliphatic carbocycles. The average molecular weight is 261 g/mol. The maximum absolute atomic E-state index is 4.33. The zero-order chi connectivity index (χ0) is 13.1. The molecule has 2 heterocycles. The van der Waals surface area contributed by atoms with Crippen molar-refractivity contribution in [2.45, 2.75) is 18.9 Å². The molecule has 0 aromatic carbocycles. The quantitative estimate of drug-likeness (QED) is 0.841. The lowest BCUT2D eigenvalue weighted by Crippen LogP contribution is -2.51. The third-order valence-corrected chi connectivity index (χ3v) is 4.22. The Labute approximate surface area is 115 Å². The van der Waals surface area contributed by atoms with Gasteiger partial charge in [-0.05, 0) is 31.9 Å². The van der Waals surface area contributed by atoms with Crippen molar-refractivity contribution in [3.8, 4) is 0 Å². The molecular weight excluding hydrogens is 238 g/mol. The van der Waals surface area contributed by atoms with Crippen LogP contribution in [0.1, 0.15) is 12.8 Å². The SMILES string of the molecule is CNC(CN1CCN(c2ncccn2)CC1)C1CC1. The van der Waals surface area contributed by atoms with Crippen molar-refractivity contribution in [3.63, 3.8) is 0 Å². The number of hydrogen-bond acceptors (Lipinski definition) is 5. The molecule has 1 atom stereocenters. The lowest BCUT2D eigenvalue weighted by Gasteiger charge is -2.36. The normalized spacial score (nSPS) is 22.5. The fraction of sp³-hybridized carbons (Fsp3) is 0.714. The zero-order valence-corrected chi connectivity index (χ0v) is 11.6. The summed E-state index contributed by atoms with van der Waals surface area (Å²) in [6.45, 7) is 5.48. The summed E-state index contributed by atoms with van der Waals surface area (Å²) in [5.74, 6) is 1.79. The first-order valence-corrected chi connectivity index (χ1v) is 7.28. The Morgan fingerprint density at radius 3 is 2.47 bits per heavy atom. The molecule has 1 N–H and O–H groups in total. The molecule has 1 aromatic heterocycles. The molecule has 1 saturated heterocycles. The van der Waals surface area contributed by atoms with E-state index in [1.807, 2.05) is 18.5 Å². The average Bonchev–Trinajstić information content (AvgIpc) is 3.31. The Hall–Kier alpha value is -1.20. The zero-order valence-electron chi connectivity index (χ0n) is 11.6. The van der Waals surface area contributed by atoms with E-state index in [0.29, 0.717) is 6.04 Å². The van der Waals surface area contributed by atoms with Crippen molar-refractivity contribution in [2.75, 3.05) is 44.7 Å². The Balaban J connectivity index is 1.49. The molecule has 1 unspecified atom stereocenters. The van der Waals surface area contributed by atoms with E-state index in [-0.39, 0.29) is 0 Å². The topological polar surface area (TPSA) is 44.3 Å². The van der Waals surface area contributed by atoms with Crippen molar-refractivity contribution < 1.29 is 0 Å². The number of piperazine rings is 1. The van der Waals surface area contributed by atoms with Crippen molar-refractivity contribution in [1.29, 1.82) is 0 Å². The Morgan fingerprint density at radius 1 is 1.21 bits per heavy atom. The summed E-state index contributed by atoms with van der Waals surface area (Å²) in [4.78, 5) is 13.5. The molecule has 0 radical (unpaired) electrons. The minimum absolute atomic E-state index is 0.680. The molecule has 1 aromatic rings. The highest BCUT2D eigenvalue weighted by Gasteiger charge is 2.32. The van der Waals surface area contributed by atoms with Crippen LogP contribution in [0.3, 0.4) is 0 Å². The molecule has 1 aliphatic heterocycles. The number of likely N-dealkylation sites (N-methyl/N-ethyl adjacent to an activating group) is 1. The van der Waals surface area contributed by atoms with Gasteiger partial charge in [0.25, 0.3) is 0 Å². The summed E-state index contributed by atoms with van der Waals surface area (Å²) < 4.78 is 0. The summed E-state index contributed by atoms with van der Waals surface area (Å²) in [6, 6.07) is 2.55. The van der Waals surface area contributed by atoms with Gasteiger partial charge in [0.2, 0.25) is 5.95 Å². The van der Waals surface area contributed by atoms with E-state index in [1.165, 1.54) is 19.4 Å². The molecule has 0 amide bonds. The summed E-state index contributed by atoms with van der Waals surface area (Å²) in [5, 5.41) is 3.47. The number of hydrogen-bond donors (Lipinski definition) is 1. The van der Waals surface area contributed by atoms with Gasteiger partial charge in [0.15, 0.2) is 0 Å². The molecule has 2 aliphatic rings. The number of rotatable bonds is 5. The van der Waals surface area contributed by atoms with Crippen LogP contribution in [0.15, 0.2) is 18.5 Å². The van der Waals surface area contributed by atoms with E-state index in [4.69, 9.17) is 0 Å². The summed E-state index contributed by atoms with van der Waals surface area (Å²) >= 11 is 0.